The third kappa shape index (κ3) is 6.25. The molecule has 32 heavy (non-hydrogen) atoms. The van der Waals surface area contributed by atoms with Crippen molar-refractivity contribution in [2.45, 2.75) is 58.4 Å². The highest BCUT2D eigenvalue weighted by molar-refractivity contribution is 14.0. The molecule has 0 spiro atoms. The predicted octanol–water partition coefficient (Wildman–Crippen LogP) is 4.62. The Labute approximate surface area is 210 Å². The quantitative estimate of drug-likeness (QED) is 0.309. The Morgan fingerprint density at radius 3 is 2.59 bits per heavy atom. The zero-order valence-electron chi connectivity index (χ0n) is 20.5. The number of rotatable bonds is 7. The van der Waals surface area contributed by atoms with Gasteiger partial charge in [0.05, 0.1) is 12.2 Å². The fourth-order valence-electron chi connectivity index (χ4n) is 4.63. The van der Waals surface area contributed by atoms with Crippen LogP contribution in [0.5, 0.6) is 0 Å². The van der Waals surface area contributed by atoms with Gasteiger partial charge in [0, 0.05) is 57.6 Å². The number of benzene rings is 1. The molecule has 0 bridgehead atoms. The van der Waals surface area contributed by atoms with Gasteiger partial charge in [-0.05, 0) is 43.7 Å². The van der Waals surface area contributed by atoms with Crippen LogP contribution in [0.25, 0.3) is 0 Å². The van der Waals surface area contributed by atoms with Crippen LogP contribution in [0, 0.1) is 6.92 Å². The van der Waals surface area contributed by atoms with Crippen LogP contribution in [-0.4, -0.2) is 54.0 Å². The lowest BCUT2D eigenvalue weighted by Crippen LogP contribution is -2.42. The predicted molar refractivity (Wildman–Crippen MR) is 143 cm³/mol. The summed E-state index contributed by atoms with van der Waals surface area (Å²) in [5.41, 5.74) is 5.20. The van der Waals surface area contributed by atoms with Crippen molar-refractivity contribution in [2.24, 2.45) is 12.0 Å². The molecule has 0 amide bonds. The molecule has 7 heteroatoms. The van der Waals surface area contributed by atoms with Crippen LogP contribution in [0.4, 0.5) is 0 Å². The zero-order valence-corrected chi connectivity index (χ0v) is 22.8. The van der Waals surface area contributed by atoms with E-state index < -0.39 is 0 Å². The molecule has 0 saturated carbocycles. The van der Waals surface area contributed by atoms with Crippen molar-refractivity contribution in [3.05, 3.63) is 52.8 Å². The van der Waals surface area contributed by atoms with Crippen molar-refractivity contribution in [2.75, 3.05) is 33.4 Å². The number of nitrogens with one attached hydrogen (secondary N) is 1. The highest BCUT2D eigenvalue weighted by Gasteiger charge is 2.35. The van der Waals surface area contributed by atoms with E-state index in [0.717, 1.165) is 57.3 Å². The number of halogens is 1. The highest BCUT2D eigenvalue weighted by Crippen LogP contribution is 2.37. The van der Waals surface area contributed by atoms with Gasteiger partial charge in [0.15, 0.2) is 5.96 Å². The molecule has 1 aromatic heterocycles. The summed E-state index contributed by atoms with van der Waals surface area (Å²) < 4.78 is 7.64. The van der Waals surface area contributed by atoms with Gasteiger partial charge in [0.1, 0.15) is 0 Å². The van der Waals surface area contributed by atoms with E-state index in [1.165, 1.54) is 16.7 Å². The lowest BCUT2D eigenvalue weighted by atomic mass is 9.72. The van der Waals surface area contributed by atoms with E-state index in [-0.39, 0.29) is 29.4 Å². The number of aryl methyl sites for hydroxylation is 2. The van der Waals surface area contributed by atoms with Crippen LogP contribution in [0.2, 0.25) is 0 Å². The van der Waals surface area contributed by atoms with Gasteiger partial charge in [-0.3, -0.25) is 9.67 Å². The zero-order chi connectivity index (χ0) is 22.4. The first-order valence-electron chi connectivity index (χ1n) is 11.5. The lowest BCUT2D eigenvalue weighted by Gasteiger charge is -2.38. The fourth-order valence-corrected chi connectivity index (χ4v) is 4.63. The molecule has 1 aromatic carbocycles. The van der Waals surface area contributed by atoms with Crippen LogP contribution in [0.3, 0.4) is 0 Å². The summed E-state index contributed by atoms with van der Waals surface area (Å²) in [4.78, 5) is 7.37. The van der Waals surface area contributed by atoms with Crippen molar-refractivity contribution in [3.8, 4) is 0 Å². The van der Waals surface area contributed by atoms with Crippen molar-refractivity contribution < 1.29 is 4.74 Å². The van der Waals surface area contributed by atoms with Gasteiger partial charge in [-0.15, -0.1) is 24.0 Å². The Morgan fingerprint density at radius 2 is 1.97 bits per heavy atom. The van der Waals surface area contributed by atoms with Crippen LogP contribution in [0.1, 0.15) is 61.9 Å². The van der Waals surface area contributed by atoms with Gasteiger partial charge >= 0.3 is 0 Å². The smallest absolute Gasteiger partial charge is 0.193 e. The Morgan fingerprint density at radius 1 is 1.28 bits per heavy atom. The molecule has 1 fully saturated rings. The minimum Gasteiger partial charge on any atom is -0.381 e. The Bertz CT molecular complexity index is 886. The standard InChI is InChI=1S/C25H39N5O.HI/c1-7-26-24(29(5)16-21-17-30(6)28-23(21)19(2)3)27-18-25(12-14-31-15-13-25)22-11-9-8-10-20(22)4;/h8-11,17,19H,7,12-16,18H2,1-6H3,(H,26,27);1H. The minimum absolute atomic E-state index is 0. The molecule has 0 radical (unpaired) electrons. The molecule has 3 rings (SSSR count). The summed E-state index contributed by atoms with van der Waals surface area (Å²) in [7, 11) is 4.11. The summed E-state index contributed by atoms with van der Waals surface area (Å²) >= 11 is 0. The van der Waals surface area contributed by atoms with Crippen molar-refractivity contribution in [1.82, 2.24) is 20.0 Å². The fraction of sp³-hybridized carbons (Fsp3) is 0.600. The van der Waals surface area contributed by atoms with Gasteiger partial charge in [-0.1, -0.05) is 38.1 Å². The Kier molecular flexibility index (Phi) is 10.0. The second-order valence-electron chi connectivity index (χ2n) is 9.10. The summed E-state index contributed by atoms with van der Waals surface area (Å²) in [6.45, 7) is 12.7. The average Bonchev–Trinajstić information content (AvgIpc) is 3.12. The molecule has 0 unspecified atom stereocenters. The van der Waals surface area contributed by atoms with E-state index in [1.807, 2.05) is 11.7 Å². The van der Waals surface area contributed by atoms with Crippen LogP contribution >= 0.6 is 24.0 Å². The second-order valence-corrected chi connectivity index (χ2v) is 9.10. The van der Waals surface area contributed by atoms with E-state index in [0.29, 0.717) is 5.92 Å². The maximum absolute atomic E-state index is 5.72. The van der Waals surface area contributed by atoms with E-state index in [2.05, 4.69) is 80.5 Å². The number of nitrogens with zero attached hydrogens (tertiary/aromatic N) is 4. The monoisotopic (exact) mass is 553 g/mol. The Balaban J connectivity index is 0.00000363. The molecule has 1 aliphatic rings. The minimum atomic E-state index is 0. The summed E-state index contributed by atoms with van der Waals surface area (Å²) in [6, 6.07) is 8.75. The number of guanidine groups is 1. The first-order chi connectivity index (χ1) is 14.9. The molecule has 178 valence electrons. The van der Waals surface area contributed by atoms with E-state index in [1.54, 1.807) is 0 Å². The van der Waals surface area contributed by atoms with Crippen LogP contribution in [-0.2, 0) is 23.7 Å². The summed E-state index contributed by atoms with van der Waals surface area (Å²) in [6.07, 6.45) is 4.14. The molecule has 1 saturated heterocycles. The van der Waals surface area contributed by atoms with Gasteiger partial charge in [-0.25, -0.2) is 0 Å². The molecular weight excluding hydrogens is 513 g/mol. The Hall–Kier alpha value is -1.61. The van der Waals surface area contributed by atoms with Crippen LogP contribution in [0.15, 0.2) is 35.5 Å². The maximum atomic E-state index is 5.72. The van der Waals surface area contributed by atoms with Crippen molar-refractivity contribution in [1.29, 1.82) is 0 Å². The molecule has 2 aromatic rings. The van der Waals surface area contributed by atoms with Gasteiger partial charge in [-0.2, -0.15) is 5.10 Å². The molecule has 1 aliphatic heterocycles. The van der Waals surface area contributed by atoms with Crippen molar-refractivity contribution >= 4 is 29.9 Å². The van der Waals surface area contributed by atoms with Crippen molar-refractivity contribution in [3.63, 3.8) is 0 Å². The third-order valence-corrected chi connectivity index (χ3v) is 6.29. The molecule has 0 atom stereocenters. The van der Waals surface area contributed by atoms with Crippen LogP contribution < -0.4 is 5.32 Å². The number of ether oxygens (including phenoxy) is 1. The largest absolute Gasteiger partial charge is 0.381 e. The van der Waals surface area contributed by atoms with E-state index in [9.17, 15) is 0 Å². The van der Waals surface area contributed by atoms with Gasteiger partial charge < -0.3 is 15.0 Å². The number of hydrogen-bond acceptors (Lipinski definition) is 3. The van der Waals surface area contributed by atoms with E-state index >= 15 is 0 Å². The molecular formula is C25H40IN5O. The molecule has 0 aliphatic carbocycles. The normalized spacial score (nSPS) is 16.0. The number of hydrogen-bond donors (Lipinski definition) is 1. The average molecular weight is 554 g/mol. The number of aliphatic imine (C=N–C) groups is 1. The SMILES string of the molecule is CCNC(=NCC1(c2ccccc2C)CCOCC1)N(C)Cc1cn(C)nc1C(C)C.I. The first-order valence-corrected chi connectivity index (χ1v) is 11.5. The summed E-state index contributed by atoms with van der Waals surface area (Å²) in [5, 5.41) is 8.16. The first kappa shape index (κ1) is 26.6. The third-order valence-electron chi connectivity index (χ3n) is 6.29. The highest BCUT2D eigenvalue weighted by atomic mass is 127. The number of aromatic nitrogens is 2. The second kappa shape index (κ2) is 12.0. The van der Waals surface area contributed by atoms with Gasteiger partial charge in [0.2, 0.25) is 0 Å². The maximum Gasteiger partial charge on any atom is 0.193 e. The lowest BCUT2D eigenvalue weighted by molar-refractivity contribution is 0.0528. The van der Waals surface area contributed by atoms with E-state index in [4.69, 9.17) is 9.73 Å². The molecule has 6 nitrogen and oxygen atoms in total. The topological polar surface area (TPSA) is 54.7 Å². The molecule has 2 heterocycles. The van der Waals surface area contributed by atoms with Gasteiger partial charge in [0.25, 0.3) is 0 Å². The molecule has 1 N–H and O–H groups in total. The summed E-state index contributed by atoms with van der Waals surface area (Å²) in [5.74, 6) is 1.34.